The van der Waals surface area contributed by atoms with Crippen LogP contribution in [0.1, 0.15) is 424 Å². The molecule has 0 bridgehead atoms. The van der Waals surface area contributed by atoms with Crippen molar-refractivity contribution in [3.8, 4) is 0 Å². The first-order valence-corrected chi connectivity index (χ1v) is 52.9. The van der Waals surface area contributed by atoms with Gasteiger partial charge in [0.1, 0.15) is 0 Å². The summed E-state index contributed by atoms with van der Waals surface area (Å²) >= 11 is 0. The Hall–Kier alpha value is -0.0551. The summed E-state index contributed by atoms with van der Waals surface area (Å²) < 4.78 is 0. The first-order valence-electron chi connectivity index (χ1n) is 52.9. The van der Waals surface area contributed by atoms with E-state index in [1.54, 1.807) is 424 Å². The van der Waals surface area contributed by atoms with Crippen LogP contribution < -0.4 is 0 Å². The van der Waals surface area contributed by atoms with Crippen LogP contribution >= 0.6 is 0 Å². The molecule has 0 aromatic rings. The lowest BCUT2D eigenvalue weighted by atomic mass is 9.18. The van der Waals surface area contributed by atoms with Crippen LogP contribution in [-0.4, -0.2) is 75.8 Å². The largest absolute Gasteiger partial charge is 0.295 e. The molecular weight excluding hydrogens is 1300 g/mol. The maximum atomic E-state index is 4.14. The number of nitrogens with zero attached hydrogens (tertiary/aromatic N) is 3. The van der Waals surface area contributed by atoms with Crippen molar-refractivity contribution >= 4 is 6.71 Å². The van der Waals surface area contributed by atoms with Gasteiger partial charge in [-0.05, 0) is 293 Å². The molecule has 3 saturated heterocycles. The van der Waals surface area contributed by atoms with E-state index in [1.807, 2.05) is 0 Å². The van der Waals surface area contributed by atoms with Gasteiger partial charge in [0.2, 0.25) is 0 Å². The second kappa shape index (κ2) is 32.6. The summed E-state index contributed by atoms with van der Waals surface area (Å²) in [6, 6.07) is 7.87. The van der Waals surface area contributed by atoms with Gasteiger partial charge in [-0.2, -0.15) is 0 Å². The second-order valence-corrected chi connectivity index (χ2v) is 47.6. The molecule has 0 spiro atoms. The van der Waals surface area contributed by atoms with E-state index in [0.717, 1.165) is 232 Å². The van der Waals surface area contributed by atoms with Crippen molar-refractivity contribution in [2.45, 2.75) is 496 Å². The van der Waals surface area contributed by atoms with Crippen LogP contribution in [0.25, 0.3) is 0 Å². The normalized spacial score (nSPS) is 51.0. The molecular formula is C104H170BN3. The molecule has 3 aliphatic heterocycles. The molecule has 27 unspecified atom stereocenters. The van der Waals surface area contributed by atoms with E-state index >= 15 is 0 Å². The molecule has 4 heteroatoms. The van der Waals surface area contributed by atoms with E-state index in [1.165, 1.54) is 0 Å². The van der Waals surface area contributed by atoms with Crippen LogP contribution in [0.5, 0.6) is 0 Å². The molecule has 108 heavy (non-hydrogen) atoms. The first-order chi connectivity index (χ1) is 53.6. The smallest absolute Gasteiger partial charge is 0.156 e. The van der Waals surface area contributed by atoms with Gasteiger partial charge >= 0.3 is 0 Å². The fourth-order valence-corrected chi connectivity index (χ4v) is 40.9. The zero-order chi connectivity index (χ0) is 70.9. The van der Waals surface area contributed by atoms with Crippen LogP contribution in [0.15, 0.2) is 0 Å². The van der Waals surface area contributed by atoms with Gasteiger partial charge in [-0.3, -0.25) is 14.7 Å². The predicted molar refractivity (Wildman–Crippen MR) is 452 cm³/mol. The Morgan fingerprint density at radius 3 is 0.981 bits per heavy atom. The third-order valence-electron chi connectivity index (χ3n) is 44.1. The Bertz CT molecular complexity index is 2800. The van der Waals surface area contributed by atoms with E-state index in [2.05, 4.69) is 14.7 Å². The van der Waals surface area contributed by atoms with Crippen molar-refractivity contribution in [2.24, 2.45) is 154 Å². The highest BCUT2D eigenvalue weighted by Gasteiger charge is 2.71. The molecule has 3 heterocycles. The SMILES string of the molecule is C1CCC(C2CCC3C(C2)B2C4CCC(C5CCC6C7CCCC8CCCC(C9CCCC5C96)C87)CC4N(C4C(C5CCCCC5)CC(C5CCCCC5)CC4C4CCCCC4)C4CC(N5C6CCCCC6C6CCCCC65)CC(C24)N3C2C(C3CCCCC3)CC(C3CCCCC3)CC2C2CCCCC2)CC1. The highest BCUT2D eigenvalue weighted by molar-refractivity contribution is 6.65. The fraction of sp³-hybridized carbons (Fsp3) is 1.00. The molecule has 22 rings (SSSR count). The molecule has 604 valence electrons. The van der Waals surface area contributed by atoms with Gasteiger partial charge in [-0.15, -0.1) is 0 Å². The molecule has 19 aliphatic carbocycles. The fourth-order valence-electron chi connectivity index (χ4n) is 40.9. The monoisotopic (exact) mass is 1470 g/mol. The topological polar surface area (TPSA) is 9.72 Å². The van der Waals surface area contributed by atoms with Crippen molar-refractivity contribution < 1.29 is 0 Å². The Balaban J connectivity index is 0.733. The first kappa shape index (κ1) is 74.3. The lowest BCUT2D eigenvalue weighted by Gasteiger charge is -2.73. The summed E-state index contributed by atoms with van der Waals surface area (Å²) in [5, 5.41) is 0. The third-order valence-corrected chi connectivity index (χ3v) is 44.1. The molecule has 0 radical (unpaired) electrons. The number of likely N-dealkylation sites (tertiary alicyclic amines) is 1. The third kappa shape index (κ3) is 13.4. The minimum Gasteiger partial charge on any atom is -0.295 e. The van der Waals surface area contributed by atoms with Crippen molar-refractivity contribution in [3.05, 3.63) is 0 Å². The predicted octanol–water partition coefficient (Wildman–Crippen LogP) is 27.9. The Morgan fingerprint density at radius 1 is 0.157 bits per heavy atom. The quantitative estimate of drug-likeness (QED) is 0.191. The minimum atomic E-state index is 0.829. The number of rotatable bonds is 11. The maximum absolute atomic E-state index is 4.14. The Labute approximate surface area is 666 Å². The molecule has 19 saturated carbocycles. The van der Waals surface area contributed by atoms with E-state index in [0.29, 0.717) is 0 Å². The average Bonchev–Trinajstić information content (AvgIpc) is 0.766. The number of hydrogen-bond acceptors (Lipinski definition) is 3. The van der Waals surface area contributed by atoms with Gasteiger partial charge in [0, 0.05) is 54.4 Å². The lowest BCUT2D eigenvalue weighted by Crippen LogP contribution is -2.78. The molecule has 0 amide bonds. The van der Waals surface area contributed by atoms with Crippen LogP contribution in [0, 0.1) is 154 Å². The van der Waals surface area contributed by atoms with Gasteiger partial charge in [0.05, 0.1) is 0 Å². The van der Waals surface area contributed by atoms with Crippen molar-refractivity contribution in [3.63, 3.8) is 0 Å². The van der Waals surface area contributed by atoms with E-state index in [-0.39, 0.29) is 0 Å². The minimum absolute atomic E-state index is 0.829. The highest BCUT2D eigenvalue weighted by Crippen LogP contribution is 2.72. The standard InChI is InChI=1S/C104H170BN3/c1-8-29-67(30-9-1)75-54-58-96-93(63-75)105-92-57-53-76(80-55-56-87-85-48-27-44-74-43-26-47-84(100(74)85)86-50-28-49-83(80)101(86)87)64-97(92)108(104-90(72-39-18-6-19-40-72)61-78(69-33-12-3-13-34-69)62-91(104)73-41-20-7-21-42-73)99-66-79(106-94-51-24-22-45-81(94)82-46-23-25-52-95(82)106)65-98(102(99)105)107(96)103-88(70-35-14-4-15-36-70)59-77(68-31-10-2-11-32-68)60-89(103)71-37-16-5-17-38-71/h67-104H,1-66H2. The summed E-state index contributed by atoms with van der Waals surface area (Å²) in [6.45, 7) is 1.01. The zero-order valence-electron chi connectivity index (χ0n) is 70.5. The van der Waals surface area contributed by atoms with Gasteiger partial charge < -0.3 is 0 Å². The lowest BCUT2D eigenvalue weighted by molar-refractivity contribution is -0.162. The van der Waals surface area contributed by atoms with Crippen molar-refractivity contribution in [1.82, 2.24) is 14.7 Å². The van der Waals surface area contributed by atoms with Gasteiger partial charge in [-0.25, -0.2) is 0 Å². The molecule has 3 nitrogen and oxygen atoms in total. The summed E-state index contributed by atoms with van der Waals surface area (Å²) in [4.78, 5) is 11.9. The molecule has 0 N–H and O–H groups in total. The molecule has 0 aromatic heterocycles. The summed E-state index contributed by atoms with van der Waals surface area (Å²) in [5.41, 5.74) is 0. The summed E-state index contributed by atoms with van der Waals surface area (Å²) in [5.74, 6) is 30.2. The zero-order valence-corrected chi connectivity index (χ0v) is 70.5. The molecule has 22 fully saturated rings. The van der Waals surface area contributed by atoms with E-state index < -0.39 is 0 Å². The molecule has 0 aromatic carbocycles. The van der Waals surface area contributed by atoms with Gasteiger partial charge in [0.25, 0.3) is 0 Å². The second-order valence-electron chi connectivity index (χ2n) is 47.6. The number of fused-ring (bicyclic) bond motifs is 9. The van der Waals surface area contributed by atoms with Gasteiger partial charge in [-0.1, -0.05) is 302 Å². The summed E-state index contributed by atoms with van der Waals surface area (Å²) in [7, 11) is 0. The number of hydrogen-bond donors (Lipinski definition) is 0. The van der Waals surface area contributed by atoms with Crippen LogP contribution in [0.4, 0.5) is 0 Å². The summed E-state index contributed by atoms with van der Waals surface area (Å²) in [6.07, 6.45) is 106. The van der Waals surface area contributed by atoms with Crippen LogP contribution in [0.2, 0.25) is 17.5 Å². The molecule has 22 aliphatic rings. The van der Waals surface area contributed by atoms with E-state index in [9.17, 15) is 0 Å². The van der Waals surface area contributed by atoms with Crippen molar-refractivity contribution in [1.29, 1.82) is 0 Å². The average molecular weight is 1470 g/mol. The van der Waals surface area contributed by atoms with E-state index in [4.69, 9.17) is 0 Å². The van der Waals surface area contributed by atoms with Crippen molar-refractivity contribution in [2.75, 3.05) is 0 Å². The maximum Gasteiger partial charge on any atom is 0.156 e. The van der Waals surface area contributed by atoms with Gasteiger partial charge in [0.15, 0.2) is 6.71 Å². The van der Waals surface area contributed by atoms with Crippen LogP contribution in [-0.2, 0) is 0 Å². The highest BCUT2D eigenvalue weighted by atomic mass is 15.3. The Kier molecular flexibility index (Phi) is 22.4. The Morgan fingerprint density at radius 2 is 0.509 bits per heavy atom. The van der Waals surface area contributed by atoms with Crippen LogP contribution in [0.3, 0.4) is 0 Å². The molecule has 27 atom stereocenters.